The molecule has 0 aliphatic carbocycles. The van der Waals surface area contributed by atoms with Crippen LogP contribution in [0.3, 0.4) is 0 Å². The average molecular weight is 395 g/mol. The Hall–Kier alpha value is -2.76. The van der Waals surface area contributed by atoms with Crippen LogP contribution >= 0.6 is 0 Å². The fourth-order valence-electron chi connectivity index (χ4n) is 4.25. The lowest BCUT2D eigenvalue weighted by molar-refractivity contribution is 0.0677. The zero-order chi connectivity index (χ0) is 20.2. The van der Waals surface area contributed by atoms with E-state index in [1.807, 2.05) is 35.4 Å². The standard InChI is InChI=1S/C23H30N4O2/c1-18-4-3-11-27(17-18)23(28)22-10-7-20(16-24-22)26-14-12-25(13-15-26)19-5-8-21(29-2)9-6-19/h5-10,16,18H,3-4,11-15,17H2,1-2H3. The number of carbonyl (C=O) groups is 1. The second-order valence-corrected chi connectivity index (χ2v) is 8.07. The van der Waals surface area contributed by atoms with Gasteiger partial charge in [-0.1, -0.05) is 6.92 Å². The van der Waals surface area contributed by atoms with Gasteiger partial charge in [-0.3, -0.25) is 4.79 Å². The Balaban J connectivity index is 1.34. The molecule has 2 saturated heterocycles. The average Bonchev–Trinajstić information content (AvgIpc) is 2.79. The van der Waals surface area contributed by atoms with Gasteiger partial charge in [0.1, 0.15) is 11.4 Å². The fraction of sp³-hybridized carbons (Fsp3) is 0.478. The summed E-state index contributed by atoms with van der Waals surface area (Å²) in [6.45, 7) is 7.68. The van der Waals surface area contributed by atoms with Gasteiger partial charge < -0.3 is 19.4 Å². The maximum absolute atomic E-state index is 12.7. The van der Waals surface area contributed by atoms with Gasteiger partial charge in [0.05, 0.1) is 19.0 Å². The van der Waals surface area contributed by atoms with Crippen LogP contribution in [0.1, 0.15) is 30.3 Å². The highest BCUT2D eigenvalue weighted by atomic mass is 16.5. The maximum Gasteiger partial charge on any atom is 0.272 e. The molecule has 1 amide bonds. The molecule has 1 unspecified atom stereocenters. The van der Waals surface area contributed by atoms with Crippen LogP contribution in [-0.2, 0) is 0 Å². The van der Waals surface area contributed by atoms with Crippen molar-refractivity contribution in [2.45, 2.75) is 19.8 Å². The normalized spacial score (nSPS) is 19.9. The molecular formula is C23H30N4O2. The van der Waals surface area contributed by atoms with E-state index in [1.54, 1.807) is 7.11 Å². The maximum atomic E-state index is 12.7. The molecule has 3 heterocycles. The highest BCUT2D eigenvalue weighted by Crippen LogP contribution is 2.23. The Morgan fingerprint density at radius 1 is 0.966 bits per heavy atom. The van der Waals surface area contributed by atoms with Crippen LogP contribution in [0.5, 0.6) is 5.75 Å². The predicted molar refractivity (Wildman–Crippen MR) is 116 cm³/mol. The van der Waals surface area contributed by atoms with E-state index in [9.17, 15) is 4.79 Å². The minimum Gasteiger partial charge on any atom is -0.497 e. The zero-order valence-corrected chi connectivity index (χ0v) is 17.4. The molecule has 2 aliphatic heterocycles. The number of piperidine rings is 1. The Morgan fingerprint density at radius 2 is 1.62 bits per heavy atom. The van der Waals surface area contributed by atoms with Crippen LogP contribution in [0, 0.1) is 5.92 Å². The van der Waals surface area contributed by atoms with Crippen molar-refractivity contribution >= 4 is 17.3 Å². The van der Waals surface area contributed by atoms with Gasteiger partial charge in [0.25, 0.3) is 5.91 Å². The first-order valence-electron chi connectivity index (χ1n) is 10.5. The van der Waals surface area contributed by atoms with E-state index >= 15 is 0 Å². The van der Waals surface area contributed by atoms with E-state index in [-0.39, 0.29) is 5.91 Å². The summed E-state index contributed by atoms with van der Waals surface area (Å²) in [5.74, 6) is 1.52. The van der Waals surface area contributed by atoms with Crippen molar-refractivity contribution in [2.75, 3.05) is 56.2 Å². The molecule has 4 rings (SSSR count). The van der Waals surface area contributed by atoms with Gasteiger partial charge in [-0.05, 0) is 55.2 Å². The van der Waals surface area contributed by atoms with Gasteiger partial charge in [0.2, 0.25) is 0 Å². The van der Waals surface area contributed by atoms with Crippen molar-refractivity contribution in [3.8, 4) is 5.75 Å². The lowest BCUT2D eigenvalue weighted by atomic mass is 10.00. The molecule has 0 N–H and O–H groups in total. The number of nitrogens with zero attached hydrogens (tertiary/aromatic N) is 4. The Bertz CT molecular complexity index is 814. The number of likely N-dealkylation sites (tertiary alicyclic amines) is 1. The quantitative estimate of drug-likeness (QED) is 0.796. The number of hydrogen-bond donors (Lipinski definition) is 0. The van der Waals surface area contributed by atoms with Crippen LogP contribution in [0.15, 0.2) is 42.6 Å². The lowest BCUT2D eigenvalue weighted by Gasteiger charge is -2.37. The molecule has 2 fully saturated rings. The SMILES string of the molecule is COc1ccc(N2CCN(c3ccc(C(=O)N4CCCC(C)C4)nc3)CC2)cc1. The number of benzene rings is 1. The summed E-state index contributed by atoms with van der Waals surface area (Å²) in [5.41, 5.74) is 2.86. The smallest absolute Gasteiger partial charge is 0.272 e. The third kappa shape index (κ3) is 4.47. The number of aromatic nitrogens is 1. The molecule has 154 valence electrons. The van der Waals surface area contributed by atoms with Crippen LogP contribution in [0.4, 0.5) is 11.4 Å². The molecule has 6 heteroatoms. The van der Waals surface area contributed by atoms with Crippen LogP contribution in [0.2, 0.25) is 0 Å². The predicted octanol–water partition coefficient (Wildman–Crippen LogP) is 3.29. The van der Waals surface area contributed by atoms with Crippen molar-refractivity contribution in [1.82, 2.24) is 9.88 Å². The number of pyridine rings is 1. The Labute approximate surface area is 173 Å². The van der Waals surface area contributed by atoms with Gasteiger partial charge in [-0.2, -0.15) is 0 Å². The highest BCUT2D eigenvalue weighted by molar-refractivity contribution is 5.92. The molecule has 0 bridgehead atoms. The summed E-state index contributed by atoms with van der Waals surface area (Å²) >= 11 is 0. The van der Waals surface area contributed by atoms with Gasteiger partial charge in [-0.15, -0.1) is 0 Å². The number of methoxy groups -OCH3 is 1. The number of rotatable bonds is 4. The van der Waals surface area contributed by atoms with E-state index in [2.05, 4.69) is 33.8 Å². The number of hydrogen-bond acceptors (Lipinski definition) is 5. The van der Waals surface area contributed by atoms with Crippen molar-refractivity contribution in [3.05, 3.63) is 48.3 Å². The summed E-state index contributed by atoms with van der Waals surface area (Å²) in [4.78, 5) is 23.9. The monoisotopic (exact) mass is 394 g/mol. The fourth-order valence-corrected chi connectivity index (χ4v) is 4.25. The third-order valence-electron chi connectivity index (χ3n) is 5.99. The molecule has 29 heavy (non-hydrogen) atoms. The van der Waals surface area contributed by atoms with Crippen LogP contribution in [0.25, 0.3) is 0 Å². The number of carbonyl (C=O) groups excluding carboxylic acids is 1. The molecule has 1 atom stereocenters. The van der Waals surface area contributed by atoms with Crippen molar-refractivity contribution < 1.29 is 9.53 Å². The first kappa shape index (κ1) is 19.6. The summed E-state index contributed by atoms with van der Waals surface area (Å²) in [6, 6.07) is 12.1. The van der Waals surface area contributed by atoms with Crippen molar-refractivity contribution in [1.29, 1.82) is 0 Å². The first-order chi connectivity index (χ1) is 14.1. The largest absolute Gasteiger partial charge is 0.497 e. The molecular weight excluding hydrogens is 364 g/mol. The van der Waals surface area contributed by atoms with Gasteiger partial charge >= 0.3 is 0 Å². The molecule has 1 aromatic heterocycles. The molecule has 0 spiro atoms. The van der Waals surface area contributed by atoms with Crippen LogP contribution in [-0.4, -0.2) is 62.2 Å². The lowest BCUT2D eigenvalue weighted by Crippen LogP contribution is -2.46. The van der Waals surface area contributed by atoms with Gasteiger partial charge in [0.15, 0.2) is 0 Å². The Morgan fingerprint density at radius 3 is 2.21 bits per heavy atom. The third-order valence-corrected chi connectivity index (χ3v) is 5.99. The van der Waals surface area contributed by atoms with E-state index in [0.29, 0.717) is 11.6 Å². The number of piperazine rings is 1. The van der Waals surface area contributed by atoms with Crippen molar-refractivity contribution in [3.63, 3.8) is 0 Å². The molecule has 2 aromatic rings. The van der Waals surface area contributed by atoms with Gasteiger partial charge in [0, 0.05) is 45.0 Å². The molecule has 1 aromatic carbocycles. The molecule has 2 aliphatic rings. The molecule has 0 saturated carbocycles. The number of ether oxygens (including phenoxy) is 1. The van der Waals surface area contributed by atoms with E-state index in [1.165, 1.54) is 12.1 Å². The molecule has 0 radical (unpaired) electrons. The second kappa shape index (κ2) is 8.72. The van der Waals surface area contributed by atoms with E-state index in [0.717, 1.165) is 57.1 Å². The van der Waals surface area contributed by atoms with E-state index in [4.69, 9.17) is 4.74 Å². The summed E-state index contributed by atoms with van der Waals surface area (Å²) in [5, 5.41) is 0. The van der Waals surface area contributed by atoms with E-state index < -0.39 is 0 Å². The summed E-state index contributed by atoms with van der Waals surface area (Å²) in [7, 11) is 1.69. The minimum atomic E-state index is 0.0624. The number of anilines is 2. The minimum absolute atomic E-state index is 0.0624. The van der Waals surface area contributed by atoms with Crippen LogP contribution < -0.4 is 14.5 Å². The summed E-state index contributed by atoms with van der Waals surface area (Å²) < 4.78 is 5.24. The Kier molecular flexibility index (Phi) is 5.88. The number of amides is 1. The first-order valence-corrected chi connectivity index (χ1v) is 10.5. The topological polar surface area (TPSA) is 48.9 Å². The second-order valence-electron chi connectivity index (χ2n) is 8.07. The zero-order valence-electron chi connectivity index (χ0n) is 17.4. The highest BCUT2D eigenvalue weighted by Gasteiger charge is 2.23. The van der Waals surface area contributed by atoms with Gasteiger partial charge in [-0.25, -0.2) is 4.98 Å². The molecule has 6 nitrogen and oxygen atoms in total. The van der Waals surface area contributed by atoms with Crippen molar-refractivity contribution in [2.24, 2.45) is 5.92 Å². The summed E-state index contributed by atoms with van der Waals surface area (Å²) in [6.07, 6.45) is 4.14.